The number of aromatic nitrogens is 1. The Morgan fingerprint density at radius 2 is 1.88 bits per heavy atom. The highest BCUT2D eigenvalue weighted by Gasteiger charge is 2.27. The van der Waals surface area contributed by atoms with Gasteiger partial charge in [-0.1, -0.05) is 41.7 Å². The Labute approximate surface area is 189 Å². The molecule has 1 N–H and O–H groups in total. The standard InChI is InChI=1S/C22H24N4O5S/c1-14(2)31-21(28)12-17(15-8-4-6-10-18(15)26(29)30)23-20(27)13-25(3)22-24-16-9-5-7-11-19(16)32-22/h4-11,14,17H,12-13H2,1-3H3,(H,23,27). The minimum atomic E-state index is -0.904. The highest BCUT2D eigenvalue weighted by molar-refractivity contribution is 7.22. The van der Waals surface area contributed by atoms with Crippen molar-refractivity contribution in [3.8, 4) is 0 Å². The molecule has 0 bridgehead atoms. The van der Waals surface area contributed by atoms with Gasteiger partial charge in [-0.25, -0.2) is 4.98 Å². The molecule has 2 aromatic carbocycles. The number of benzene rings is 2. The molecule has 0 fully saturated rings. The molecule has 168 valence electrons. The molecule has 0 aliphatic carbocycles. The summed E-state index contributed by atoms with van der Waals surface area (Å²) in [5, 5.41) is 14.9. The van der Waals surface area contributed by atoms with Crippen LogP contribution in [0.1, 0.15) is 31.9 Å². The molecular formula is C22H24N4O5S. The fourth-order valence-corrected chi connectivity index (χ4v) is 4.14. The van der Waals surface area contributed by atoms with E-state index in [0.717, 1.165) is 10.2 Å². The third-order valence-corrected chi connectivity index (χ3v) is 5.72. The second kappa shape index (κ2) is 10.2. The lowest BCUT2D eigenvalue weighted by molar-refractivity contribution is -0.385. The number of amides is 1. The van der Waals surface area contributed by atoms with E-state index in [2.05, 4.69) is 10.3 Å². The Morgan fingerprint density at radius 1 is 1.19 bits per heavy atom. The fraction of sp³-hybridized carbons (Fsp3) is 0.318. The molecule has 1 aromatic heterocycles. The number of fused-ring (bicyclic) bond motifs is 1. The second-order valence-corrected chi connectivity index (χ2v) is 8.51. The van der Waals surface area contributed by atoms with Crippen LogP contribution in [0.5, 0.6) is 0 Å². The Morgan fingerprint density at radius 3 is 2.56 bits per heavy atom. The number of anilines is 1. The summed E-state index contributed by atoms with van der Waals surface area (Å²) in [4.78, 5) is 42.3. The van der Waals surface area contributed by atoms with Crippen LogP contribution >= 0.6 is 11.3 Å². The summed E-state index contributed by atoms with van der Waals surface area (Å²) < 4.78 is 6.19. The Balaban J connectivity index is 1.78. The zero-order chi connectivity index (χ0) is 23.3. The highest BCUT2D eigenvalue weighted by atomic mass is 32.1. The number of hydrogen-bond donors (Lipinski definition) is 1. The van der Waals surface area contributed by atoms with Crippen molar-refractivity contribution in [2.75, 3.05) is 18.5 Å². The zero-order valence-electron chi connectivity index (χ0n) is 18.0. The number of hydrogen-bond acceptors (Lipinski definition) is 8. The van der Waals surface area contributed by atoms with Crippen molar-refractivity contribution in [2.24, 2.45) is 0 Å². The van der Waals surface area contributed by atoms with Gasteiger partial charge in [0.25, 0.3) is 5.69 Å². The molecule has 10 heteroatoms. The molecule has 0 saturated carbocycles. The van der Waals surface area contributed by atoms with Gasteiger partial charge in [-0.3, -0.25) is 19.7 Å². The molecule has 0 aliphatic rings. The predicted molar refractivity (Wildman–Crippen MR) is 123 cm³/mol. The lowest BCUT2D eigenvalue weighted by Crippen LogP contribution is -2.38. The number of ether oxygens (including phenoxy) is 1. The SMILES string of the molecule is CC(C)OC(=O)CC(NC(=O)CN(C)c1nc2ccccc2s1)c1ccccc1[N+](=O)[O-]. The van der Waals surface area contributed by atoms with Gasteiger partial charge in [0.05, 0.1) is 45.8 Å². The van der Waals surface area contributed by atoms with Gasteiger partial charge in [-0.2, -0.15) is 0 Å². The third-order valence-electron chi connectivity index (χ3n) is 4.57. The molecule has 0 spiro atoms. The van der Waals surface area contributed by atoms with Gasteiger partial charge in [-0.15, -0.1) is 0 Å². The van der Waals surface area contributed by atoms with Gasteiger partial charge in [0.15, 0.2) is 5.13 Å². The van der Waals surface area contributed by atoms with Crippen molar-refractivity contribution in [3.05, 3.63) is 64.2 Å². The number of thiazole rings is 1. The molecule has 1 heterocycles. The highest BCUT2D eigenvalue weighted by Crippen LogP contribution is 2.29. The van der Waals surface area contributed by atoms with Crippen molar-refractivity contribution in [2.45, 2.75) is 32.4 Å². The van der Waals surface area contributed by atoms with Crippen LogP contribution in [0.15, 0.2) is 48.5 Å². The number of likely N-dealkylation sites (N-methyl/N-ethyl adjacent to an activating group) is 1. The molecule has 3 aromatic rings. The van der Waals surface area contributed by atoms with Crippen molar-refractivity contribution in [1.82, 2.24) is 10.3 Å². The van der Waals surface area contributed by atoms with Crippen LogP contribution in [0.25, 0.3) is 10.2 Å². The zero-order valence-corrected chi connectivity index (χ0v) is 18.8. The largest absolute Gasteiger partial charge is 0.463 e. The van der Waals surface area contributed by atoms with Gasteiger partial charge in [-0.05, 0) is 26.0 Å². The first-order chi connectivity index (χ1) is 15.2. The summed E-state index contributed by atoms with van der Waals surface area (Å²) in [7, 11) is 1.74. The van der Waals surface area contributed by atoms with Gasteiger partial charge in [0, 0.05) is 13.1 Å². The maximum atomic E-state index is 12.8. The van der Waals surface area contributed by atoms with Crippen molar-refractivity contribution < 1.29 is 19.2 Å². The van der Waals surface area contributed by atoms with Gasteiger partial charge in [0.1, 0.15) is 0 Å². The predicted octanol–water partition coefficient (Wildman–Crippen LogP) is 3.84. The number of carbonyl (C=O) groups is 2. The first-order valence-corrected chi connectivity index (χ1v) is 10.8. The van der Waals surface area contributed by atoms with E-state index in [1.165, 1.54) is 29.5 Å². The van der Waals surface area contributed by atoms with E-state index < -0.39 is 22.8 Å². The Bertz CT molecular complexity index is 1100. The topological polar surface area (TPSA) is 115 Å². The third kappa shape index (κ3) is 5.79. The lowest BCUT2D eigenvalue weighted by atomic mass is 10.0. The number of nitrogens with zero attached hydrogens (tertiary/aromatic N) is 3. The summed E-state index contributed by atoms with van der Waals surface area (Å²) in [5.74, 6) is -0.949. The normalized spacial score (nSPS) is 11.9. The number of rotatable bonds is 9. The number of carbonyl (C=O) groups excluding carboxylic acids is 2. The molecule has 0 aliphatic heterocycles. The van der Waals surface area contributed by atoms with Crippen LogP contribution in [-0.4, -0.2) is 41.5 Å². The summed E-state index contributed by atoms with van der Waals surface area (Å²) in [6.07, 6.45) is -0.561. The molecule has 32 heavy (non-hydrogen) atoms. The average molecular weight is 457 g/mol. The van der Waals surface area contributed by atoms with Gasteiger partial charge >= 0.3 is 5.97 Å². The summed E-state index contributed by atoms with van der Waals surface area (Å²) in [5.41, 5.74) is 0.915. The van der Waals surface area contributed by atoms with E-state index in [9.17, 15) is 19.7 Å². The number of nitro groups is 1. The van der Waals surface area contributed by atoms with Crippen LogP contribution in [-0.2, 0) is 14.3 Å². The maximum absolute atomic E-state index is 12.8. The summed E-state index contributed by atoms with van der Waals surface area (Å²) >= 11 is 1.46. The molecule has 0 radical (unpaired) electrons. The first kappa shape index (κ1) is 23.1. The van der Waals surface area contributed by atoms with E-state index in [1.807, 2.05) is 24.3 Å². The first-order valence-electron chi connectivity index (χ1n) is 10.0. The van der Waals surface area contributed by atoms with E-state index in [4.69, 9.17) is 4.74 Å². The quantitative estimate of drug-likeness (QED) is 0.295. The molecule has 1 amide bonds. The number of nitro benzene ring substituents is 1. The van der Waals surface area contributed by atoms with Crippen LogP contribution in [0.2, 0.25) is 0 Å². The van der Waals surface area contributed by atoms with E-state index in [1.54, 1.807) is 31.9 Å². The average Bonchev–Trinajstić information content (AvgIpc) is 3.17. The van der Waals surface area contributed by atoms with Gasteiger partial charge in [0.2, 0.25) is 5.91 Å². The van der Waals surface area contributed by atoms with Crippen molar-refractivity contribution in [3.63, 3.8) is 0 Å². The Hall–Kier alpha value is -3.53. The van der Waals surface area contributed by atoms with Crippen LogP contribution in [0.4, 0.5) is 10.8 Å². The fourth-order valence-electron chi connectivity index (χ4n) is 3.21. The second-order valence-electron chi connectivity index (χ2n) is 7.50. The Kier molecular flexibility index (Phi) is 7.37. The van der Waals surface area contributed by atoms with E-state index in [0.29, 0.717) is 5.13 Å². The van der Waals surface area contributed by atoms with Crippen LogP contribution in [0.3, 0.4) is 0 Å². The minimum absolute atomic E-state index is 0.0316. The molecule has 0 saturated heterocycles. The smallest absolute Gasteiger partial charge is 0.308 e. The van der Waals surface area contributed by atoms with Crippen molar-refractivity contribution >= 4 is 44.2 Å². The number of nitrogens with one attached hydrogen (secondary N) is 1. The molecular weight excluding hydrogens is 432 g/mol. The summed E-state index contributed by atoms with van der Waals surface area (Å²) in [6, 6.07) is 12.8. The molecule has 1 atom stereocenters. The van der Waals surface area contributed by atoms with Crippen LogP contribution in [0, 0.1) is 10.1 Å². The van der Waals surface area contributed by atoms with Crippen LogP contribution < -0.4 is 10.2 Å². The number of esters is 1. The monoisotopic (exact) mass is 456 g/mol. The van der Waals surface area contributed by atoms with Crippen molar-refractivity contribution in [1.29, 1.82) is 0 Å². The van der Waals surface area contributed by atoms with E-state index in [-0.39, 0.29) is 30.3 Å². The molecule has 3 rings (SSSR count). The lowest BCUT2D eigenvalue weighted by Gasteiger charge is -2.21. The molecule has 1 unspecified atom stereocenters. The maximum Gasteiger partial charge on any atom is 0.308 e. The number of para-hydroxylation sites is 2. The van der Waals surface area contributed by atoms with E-state index >= 15 is 0 Å². The minimum Gasteiger partial charge on any atom is -0.463 e. The molecule has 9 nitrogen and oxygen atoms in total. The summed E-state index contributed by atoms with van der Waals surface area (Å²) in [6.45, 7) is 3.39. The van der Waals surface area contributed by atoms with Gasteiger partial charge < -0.3 is 15.0 Å².